The third kappa shape index (κ3) is 2.69. The fourth-order valence-electron chi connectivity index (χ4n) is 2.48. The monoisotopic (exact) mass is 333 g/mol. The van der Waals surface area contributed by atoms with Crippen LogP contribution in [0, 0.1) is 5.92 Å². The number of aliphatic hydroxyl groups is 1. The van der Waals surface area contributed by atoms with Crippen molar-refractivity contribution in [2.75, 3.05) is 24.6 Å². The van der Waals surface area contributed by atoms with Gasteiger partial charge in [-0.3, -0.25) is 0 Å². The van der Waals surface area contributed by atoms with Gasteiger partial charge in [-0.25, -0.2) is 9.97 Å². The van der Waals surface area contributed by atoms with Crippen LogP contribution < -0.4 is 4.90 Å². The summed E-state index contributed by atoms with van der Waals surface area (Å²) in [6.45, 7) is 2.00. The molecule has 0 aliphatic carbocycles. The number of benzene rings is 1. The van der Waals surface area contributed by atoms with Crippen LogP contribution in [0.4, 0.5) is 5.95 Å². The normalized spacial score (nSPS) is 18.5. The number of rotatable bonds is 3. The van der Waals surface area contributed by atoms with Crippen molar-refractivity contribution < 1.29 is 5.11 Å². The molecule has 1 N–H and O–H groups in total. The van der Waals surface area contributed by atoms with Crippen molar-refractivity contribution in [2.45, 2.75) is 6.42 Å². The Labute approximate surface area is 126 Å². The highest BCUT2D eigenvalue weighted by Gasteiger charge is 2.23. The number of anilines is 1. The van der Waals surface area contributed by atoms with Gasteiger partial charge in [0.05, 0.1) is 0 Å². The molecule has 1 unspecified atom stereocenters. The molecule has 1 aliphatic heterocycles. The predicted molar refractivity (Wildman–Crippen MR) is 82.6 cm³/mol. The van der Waals surface area contributed by atoms with E-state index in [1.807, 2.05) is 36.7 Å². The van der Waals surface area contributed by atoms with Crippen molar-refractivity contribution in [3.63, 3.8) is 0 Å². The molecule has 1 atom stereocenters. The molecular formula is C15H16BrN3O. The molecule has 3 rings (SSSR count). The molecule has 104 valence electrons. The molecular weight excluding hydrogens is 318 g/mol. The highest BCUT2D eigenvalue weighted by Crippen LogP contribution is 2.28. The van der Waals surface area contributed by atoms with E-state index in [0.29, 0.717) is 5.92 Å². The van der Waals surface area contributed by atoms with E-state index in [1.165, 1.54) is 0 Å². The van der Waals surface area contributed by atoms with Gasteiger partial charge in [0.15, 0.2) is 0 Å². The van der Waals surface area contributed by atoms with Crippen molar-refractivity contribution in [3.05, 3.63) is 41.1 Å². The lowest BCUT2D eigenvalue weighted by Crippen LogP contribution is -2.22. The van der Waals surface area contributed by atoms with Crippen LogP contribution in [0.3, 0.4) is 0 Å². The van der Waals surface area contributed by atoms with Crippen molar-refractivity contribution in [2.24, 2.45) is 5.92 Å². The fraction of sp³-hybridized carbons (Fsp3) is 0.333. The van der Waals surface area contributed by atoms with E-state index in [2.05, 4.69) is 30.8 Å². The maximum atomic E-state index is 9.18. The van der Waals surface area contributed by atoms with Gasteiger partial charge in [0, 0.05) is 48.0 Å². The zero-order valence-corrected chi connectivity index (χ0v) is 12.6. The number of halogens is 1. The summed E-state index contributed by atoms with van der Waals surface area (Å²) in [6, 6.07) is 8.04. The molecule has 0 spiro atoms. The molecule has 0 bridgehead atoms. The van der Waals surface area contributed by atoms with Crippen LogP contribution >= 0.6 is 15.9 Å². The number of aliphatic hydroxyl groups excluding tert-OH is 1. The molecule has 1 aromatic heterocycles. The molecule has 0 saturated carbocycles. The zero-order chi connectivity index (χ0) is 13.9. The van der Waals surface area contributed by atoms with E-state index in [4.69, 9.17) is 0 Å². The van der Waals surface area contributed by atoms with Gasteiger partial charge in [-0.05, 0) is 18.1 Å². The summed E-state index contributed by atoms with van der Waals surface area (Å²) in [7, 11) is 0. The number of hydrogen-bond acceptors (Lipinski definition) is 4. The van der Waals surface area contributed by atoms with Crippen molar-refractivity contribution in [1.82, 2.24) is 9.97 Å². The molecule has 1 saturated heterocycles. The summed E-state index contributed by atoms with van der Waals surface area (Å²) < 4.78 is 1.04. The molecule has 0 amide bonds. The Morgan fingerprint density at radius 2 is 2.00 bits per heavy atom. The van der Waals surface area contributed by atoms with Crippen LogP contribution in [0.1, 0.15) is 6.42 Å². The van der Waals surface area contributed by atoms with Gasteiger partial charge in [-0.2, -0.15) is 0 Å². The summed E-state index contributed by atoms with van der Waals surface area (Å²) in [4.78, 5) is 11.0. The minimum absolute atomic E-state index is 0.242. The van der Waals surface area contributed by atoms with Crippen molar-refractivity contribution >= 4 is 21.9 Å². The van der Waals surface area contributed by atoms with Gasteiger partial charge in [0.1, 0.15) is 0 Å². The van der Waals surface area contributed by atoms with E-state index in [1.54, 1.807) is 0 Å². The van der Waals surface area contributed by atoms with Gasteiger partial charge in [0.2, 0.25) is 5.95 Å². The predicted octanol–water partition coefficient (Wildman–Crippen LogP) is 2.72. The maximum absolute atomic E-state index is 9.18. The number of nitrogens with zero attached hydrogens (tertiary/aromatic N) is 3. The summed E-state index contributed by atoms with van der Waals surface area (Å²) in [5, 5.41) is 9.18. The highest BCUT2D eigenvalue weighted by atomic mass is 79.9. The molecule has 20 heavy (non-hydrogen) atoms. The lowest BCUT2D eigenvalue weighted by atomic mass is 10.1. The lowest BCUT2D eigenvalue weighted by Gasteiger charge is -2.16. The van der Waals surface area contributed by atoms with Crippen molar-refractivity contribution in [3.8, 4) is 11.1 Å². The second-order valence-electron chi connectivity index (χ2n) is 5.03. The van der Waals surface area contributed by atoms with Gasteiger partial charge < -0.3 is 10.0 Å². The lowest BCUT2D eigenvalue weighted by molar-refractivity contribution is 0.238. The molecule has 5 heteroatoms. The average Bonchev–Trinajstić information content (AvgIpc) is 2.97. The first kappa shape index (κ1) is 13.5. The first-order valence-electron chi connectivity index (χ1n) is 6.70. The molecule has 1 fully saturated rings. The minimum atomic E-state index is 0.242. The van der Waals surface area contributed by atoms with Crippen LogP contribution in [0.5, 0.6) is 0 Å². The molecule has 1 aromatic carbocycles. The highest BCUT2D eigenvalue weighted by molar-refractivity contribution is 9.10. The van der Waals surface area contributed by atoms with Crippen LogP contribution in [-0.4, -0.2) is 34.8 Å². The Morgan fingerprint density at radius 1 is 1.25 bits per heavy atom. The second-order valence-corrected chi connectivity index (χ2v) is 5.89. The first-order valence-corrected chi connectivity index (χ1v) is 7.50. The van der Waals surface area contributed by atoms with E-state index < -0.39 is 0 Å². The van der Waals surface area contributed by atoms with Gasteiger partial charge >= 0.3 is 0 Å². The Hall–Kier alpha value is -1.46. The Bertz CT molecular complexity index is 588. The van der Waals surface area contributed by atoms with Gasteiger partial charge in [-0.15, -0.1) is 0 Å². The van der Waals surface area contributed by atoms with E-state index >= 15 is 0 Å². The van der Waals surface area contributed by atoms with Crippen LogP contribution in [0.25, 0.3) is 11.1 Å². The summed E-state index contributed by atoms with van der Waals surface area (Å²) >= 11 is 3.54. The smallest absolute Gasteiger partial charge is 0.225 e. The average molecular weight is 334 g/mol. The van der Waals surface area contributed by atoms with E-state index in [0.717, 1.165) is 41.1 Å². The second kappa shape index (κ2) is 5.89. The Balaban J connectivity index is 1.80. The summed E-state index contributed by atoms with van der Waals surface area (Å²) in [5.41, 5.74) is 2.09. The quantitative estimate of drug-likeness (QED) is 0.938. The molecule has 2 heterocycles. The summed E-state index contributed by atoms with van der Waals surface area (Å²) in [6.07, 6.45) is 4.72. The van der Waals surface area contributed by atoms with E-state index in [-0.39, 0.29) is 6.61 Å². The van der Waals surface area contributed by atoms with Gasteiger partial charge in [-0.1, -0.05) is 34.1 Å². The largest absolute Gasteiger partial charge is 0.396 e. The van der Waals surface area contributed by atoms with Crippen LogP contribution in [-0.2, 0) is 0 Å². The zero-order valence-electron chi connectivity index (χ0n) is 11.0. The Morgan fingerprint density at radius 3 is 2.65 bits per heavy atom. The van der Waals surface area contributed by atoms with Gasteiger partial charge in [0.25, 0.3) is 0 Å². The number of hydrogen-bond donors (Lipinski definition) is 1. The molecule has 2 aromatic rings. The molecule has 4 nitrogen and oxygen atoms in total. The molecule has 0 radical (unpaired) electrons. The third-order valence-corrected chi connectivity index (χ3v) is 4.34. The van der Waals surface area contributed by atoms with Crippen LogP contribution in [0.15, 0.2) is 41.1 Å². The maximum Gasteiger partial charge on any atom is 0.225 e. The number of aromatic nitrogens is 2. The van der Waals surface area contributed by atoms with Crippen LogP contribution in [0.2, 0.25) is 0 Å². The first-order chi connectivity index (χ1) is 9.78. The minimum Gasteiger partial charge on any atom is -0.396 e. The third-order valence-electron chi connectivity index (χ3n) is 3.65. The van der Waals surface area contributed by atoms with Crippen molar-refractivity contribution in [1.29, 1.82) is 0 Å². The standard InChI is InChI=1S/C15H16BrN3O/c16-14-4-2-1-3-13(14)12-7-17-15(18-8-12)19-6-5-11(9-19)10-20/h1-4,7-8,11,20H,5-6,9-10H2. The van der Waals surface area contributed by atoms with E-state index in [9.17, 15) is 5.11 Å². The fourth-order valence-corrected chi connectivity index (χ4v) is 3.00. The Kier molecular flexibility index (Phi) is 3.98. The topological polar surface area (TPSA) is 49.2 Å². The molecule has 1 aliphatic rings. The SMILES string of the molecule is OCC1CCN(c2ncc(-c3ccccc3Br)cn2)C1. The summed E-state index contributed by atoms with van der Waals surface area (Å²) in [5.74, 6) is 1.10.